The van der Waals surface area contributed by atoms with Gasteiger partial charge in [0.25, 0.3) is 0 Å². The molecule has 0 amide bonds. The molecule has 0 radical (unpaired) electrons. The van der Waals surface area contributed by atoms with Crippen molar-refractivity contribution in [3.8, 4) is 0 Å². The summed E-state index contributed by atoms with van der Waals surface area (Å²) in [4.78, 5) is 4.18. The molecule has 1 saturated carbocycles. The van der Waals surface area contributed by atoms with Crippen molar-refractivity contribution in [2.45, 2.75) is 57.1 Å². The van der Waals surface area contributed by atoms with Crippen LogP contribution in [-0.2, 0) is 4.74 Å². The number of anilines is 1. The average Bonchev–Trinajstić information content (AvgIpc) is 2.69. The molecule has 2 rings (SSSR count). The SMILES string of the molecule is CCOC1(C(NN)c2cccnc2N)CCCCCC1. The summed E-state index contributed by atoms with van der Waals surface area (Å²) >= 11 is 0. The van der Waals surface area contributed by atoms with Crippen LogP contribution in [0.3, 0.4) is 0 Å². The molecule has 1 aromatic rings. The third-order valence-electron chi connectivity index (χ3n) is 4.26. The summed E-state index contributed by atoms with van der Waals surface area (Å²) in [6.45, 7) is 2.71. The first-order chi connectivity index (χ1) is 9.73. The van der Waals surface area contributed by atoms with Gasteiger partial charge in [-0.2, -0.15) is 0 Å². The van der Waals surface area contributed by atoms with Crippen LogP contribution in [0.1, 0.15) is 57.1 Å². The van der Waals surface area contributed by atoms with E-state index in [4.69, 9.17) is 16.3 Å². The number of nitrogens with zero attached hydrogens (tertiary/aromatic N) is 1. The summed E-state index contributed by atoms with van der Waals surface area (Å²) in [7, 11) is 0. The van der Waals surface area contributed by atoms with Crippen LogP contribution in [0.2, 0.25) is 0 Å². The molecule has 0 aliphatic heterocycles. The zero-order valence-corrected chi connectivity index (χ0v) is 12.3. The van der Waals surface area contributed by atoms with Crippen molar-refractivity contribution in [2.75, 3.05) is 12.3 Å². The van der Waals surface area contributed by atoms with Gasteiger partial charge in [-0.3, -0.25) is 5.84 Å². The number of hydrogen-bond donors (Lipinski definition) is 3. The molecule has 0 spiro atoms. The van der Waals surface area contributed by atoms with Gasteiger partial charge in [0.1, 0.15) is 5.82 Å². The minimum Gasteiger partial charge on any atom is -0.383 e. The highest BCUT2D eigenvalue weighted by molar-refractivity contribution is 5.42. The van der Waals surface area contributed by atoms with Crippen LogP contribution in [-0.4, -0.2) is 17.2 Å². The second-order valence-electron chi connectivity index (χ2n) is 5.49. The fourth-order valence-corrected chi connectivity index (χ4v) is 3.33. The maximum Gasteiger partial charge on any atom is 0.128 e. The second kappa shape index (κ2) is 7.02. The number of nitrogens with one attached hydrogen (secondary N) is 1. The second-order valence-corrected chi connectivity index (χ2v) is 5.49. The maximum absolute atomic E-state index is 6.19. The van der Waals surface area contributed by atoms with Gasteiger partial charge in [0, 0.05) is 18.4 Å². The summed E-state index contributed by atoms with van der Waals surface area (Å²) in [5.74, 6) is 6.38. The first kappa shape index (κ1) is 15.2. The predicted molar refractivity (Wildman–Crippen MR) is 80.8 cm³/mol. The molecular weight excluding hydrogens is 252 g/mol. The molecule has 5 heteroatoms. The van der Waals surface area contributed by atoms with Gasteiger partial charge in [0.15, 0.2) is 0 Å². The molecule has 1 heterocycles. The summed E-state index contributed by atoms with van der Waals surface area (Å²) in [6, 6.07) is 3.76. The lowest BCUT2D eigenvalue weighted by atomic mass is 9.82. The molecule has 1 unspecified atom stereocenters. The fraction of sp³-hybridized carbons (Fsp3) is 0.667. The highest BCUT2D eigenvalue weighted by Crippen LogP contribution is 2.41. The van der Waals surface area contributed by atoms with Gasteiger partial charge in [-0.05, 0) is 25.8 Å². The number of nitrogen functional groups attached to an aromatic ring is 1. The van der Waals surface area contributed by atoms with E-state index in [0.29, 0.717) is 12.4 Å². The minimum atomic E-state index is -0.281. The Balaban J connectivity index is 2.36. The van der Waals surface area contributed by atoms with Crippen molar-refractivity contribution < 1.29 is 4.74 Å². The van der Waals surface area contributed by atoms with Crippen molar-refractivity contribution >= 4 is 5.82 Å². The molecule has 1 aromatic heterocycles. The normalized spacial score (nSPS) is 20.3. The molecule has 0 saturated heterocycles. The molecule has 20 heavy (non-hydrogen) atoms. The van der Waals surface area contributed by atoms with Crippen molar-refractivity contribution in [1.29, 1.82) is 0 Å². The van der Waals surface area contributed by atoms with E-state index in [9.17, 15) is 0 Å². The molecule has 1 fully saturated rings. The Kier molecular flexibility index (Phi) is 5.34. The fourth-order valence-electron chi connectivity index (χ4n) is 3.33. The largest absolute Gasteiger partial charge is 0.383 e. The molecular formula is C15H26N4O. The third-order valence-corrected chi connectivity index (χ3v) is 4.26. The van der Waals surface area contributed by atoms with Crippen molar-refractivity contribution in [3.05, 3.63) is 23.9 Å². The first-order valence-corrected chi connectivity index (χ1v) is 7.54. The lowest BCUT2D eigenvalue weighted by molar-refractivity contribution is -0.0781. The van der Waals surface area contributed by atoms with E-state index in [2.05, 4.69) is 10.4 Å². The van der Waals surface area contributed by atoms with Gasteiger partial charge >= 0.3 is 0 Å². The average molecular weight is 278 g/mol. The van der Waals surface area contributed by atoms with E-state index in [0.717, 1.165) is 18.4 Å². The molecule has 1 aliphatic carbocycles. The van der Waals surface area contributed by atoms with Crippen LogP contribution in [0.25, 0.3) is 0 Å². The first-order valence-electron chi connectivity index (χ1n) is 7.54. The smallest absolute Gasteiger partial charge is 0.128 e. The number of aromatic nitrogens is 1. The Morgan fingerprint density at radius 2 is 2.05 bits per heavy atom. The summed E-state index contributed by atoms with van der Waals surface area (Å²) < 4.78 is 6.19. The Morgan fingerprint density at radius 3 is 2.60 bits per heavy atom. The van der Waals surface area contributed by atoms with Gasteiger partial charge in [-0.15, -0.1) is 0 Å². The van der Waals surface area contributed by atoms with Gasteiger partial charge in [0.05, 0.1) is 11.6 Å². The van der Waals surface area contributed by atoms with Gasteiger partial charge in [-0.1, -0.05) is 31.7 Å². The Labute approximate surface area is 121 Å². The molecule has 0 aromatic carbocycles. The number of pyridine rings is 1. The molecule has 1 aliphatic rings. The molecule has 5 nitrogen and oxygen atoms in total. The predicted octanol–water partition coefficient (Wildman–Crippen LogP) is 2.30. The quantitative estimate of drug-likeness (QED) is 0.437. The van der Waals surface area contributed by atoms with Crippen LogP contribution in [0.5, 0.6) is 0 Å². The van der Waals surface area contributed by atoms with Gasteiger partial charge in [0.2, 0.25) is 0 Å². The van der Waals surface area contributed by atoms with E-state index in [-0.39, 0.29) is 11.6 Å². The van der Waals surface area contributed by atoms with E-state index in [1.165, 1.54) is 25.7 Å². The number of ether oxygens (including phenoxy) is 1. The standard InChI is InChI=1S/C15H26N4O/c1-2-20-15(9-5-3-4-6-10-15)13(19-17)12-8-7-11-18-14(12)16/h7-8,11,13,19H,2-6,9-10,17H2,1H3,(H2,16,18). The summed E-state index contributed by atoms with van der Waals surface area (Å²) in [6.07, 6.45) is 8.56. The van der Waals surface area contributed by atoms with Crippen LogP contribution in [0, 0.1) is 0 Å². The lowest BCUT2D eigenvalue weighted by Gasteiger charge is -2.40. The zero-order valence-electron chi connectivity index (χ0n) is 12.3. The van der Waals surface area contributed by atoms with E-state index >= 15 is 0 Å². The summed E-state index contributed by atoms with van der Waals surface area (Å²) in [5.41, 5.74) is 9.63. The van der Waals surface area contributed by atoms with E-state index in [1.807, 2.05) is 19.1 Å². The van der Waals surface area contributed by atoms with Crippen molar-refractivity contribution in [3.63, 3.8) is 0 Å². The van der Waals surface area contributed by atoms with Crippen molar-refractivity contribution in [1.82, 2.24) is 10.4 Å². The van der Waals surface area contributed by atoms with Crippen LogP contribution in [0.4, 0.5) is 5.82 Å². The minimum absolute atomic E-state index is 0.116. The highest BCUT2D eigenvalue weighted by Gasteiger charge is 2.41. The van der Waals surface area contributed by atoms with E-state index < -0.39 is 0 Å². The molecule has 0 bridgehead atoms. The van der Waals surface area contributed by atoms with Gasteiger partial charge < -0.3 is 10.5 Å². The Bertz CT molecular complexity index is 416. The number of nitrogens with two attached hydrogens (primary N) is 2. The van der Waals surface area contributed by atoms with E-state index in [1.54, 1.807) is 6.20 Å². The van der Waals surface area contributed by atoms with Crippen LogP contribution < -0.4 is 17.0 Å². The van der Waals surface area contributed by atoms with Crippen LogP contribution >= 0.6 is 0 Å². The van der Waals surface area contributed by atoms with Gasteiger partial charge in [-0.25, -0.2) is 10.4 Å². The Morgan fingerprint density at radius 1 is 1.35 bits per heavy atom. The third kappa shape index (κ3) is 3.11. The highest BCUT2D eigenvalue weighted by atomic mass is 16.5. The topological polar surface area (TPSA) is 86.2 Å². The monoisotopic (exact) mass is 278 g/mol. The maximum atomic E-state index is 6.19. The molecule has 112 valence electrons. The van der Waals surface area contributed by atoms with Crippen molar-refractivity contribution in [2.24, 2.45) is 5.84 Å². The van der Waals surface area contributed by atoms with Crippen LogP contribution in [0.15, 0.2) is 18.3 Å². The Hall–Kier alpha value is -1.17. The molecule has 5 N–H and O–H groups in total. The number of hydrogen-bond acceptors (Lipinski definition) is 5. The zero-order chi connectivity index (χ0) is 14.4. The summed E-state index contributed by atoms with van der Waals surface area (Å²) in [5, 5.41) is 0. The number of hydrazine groups is 1. The molecule has 1 atom stereocenters. The lowest BCUT2D eigenvalue weighted by Crippen LogP contribution is -2.48. The number of rotatable bonds is 5.